The highest BCUT2D eigenvalue weighted by Gasteiger charge is 2.43. The number of nitrogens with one attached hydrogen (secondary N) is 1. The Morgan fingerprint density at radius 3 is 2.96 bits per heavy atom. The molecule has 1 aliphatic rings. The van der Waals surface area contributed by atoms with Crippen molar-refractivity contribution in [3.8, 4) is 11.5 Å². The summed E-state index contributed by atoms with van der Waals surface area (Å²) in [5, 5.41) is 4.79. The number of alkyl halides is 2. The Hall–Kier alpha value is -2.68. The number of fused-ring (bicyclic) bond motifs is 2. The monoisotopic (exact) mass is 337 g/mol. The summed E-state index contributed by atoms with van der Waals surface area (Å²) in [7, 11) is 0. The topological polar surface area (TPSA) is 64.9 Å². The van der Waals surface area contributed by atoms with Crippen LogP contribution in [-0.2, 0) is 6.54 Å². The van der Waals surface area contributed by atoms with E-state index in [-0.39, 0.29) is 23.6 Å². The molecule has 1 aliphatic heterocycles. The van der Waals surface area contributed by atoms with Gasteiger partial charge in [-0.1, -0.05) is 0 Å². The number of nitrogens with zero attached hydrogens (tertiary/aromatic N) is 2. The van der Waals surface area contributed by atoms with Gasteiger partial charge in [-0.2, -0.15) is 0 Å². The molecule has 0 saturated carbocycles. The first-order valence-electron chi connectivity index (χ1n) is 6.60. The van der Waals surface area contributed by atoms with Crippen molar-refractivity contribution in [1.29, 1.82) is 0 Å². The summed E-state index contributed by atoms with van der Waals surface area (Å²) in [5.74, 6) is -0.0568. The molecule has 0 unspecified atom stereocenters. The van der Waals surface area contributed by atoms with Gasteiger partial charge >= 0.3 is 6.29 Å². The molecule has 1 N–H and O–H groups in total. The minimum Gasteiger partial charge on any atom is -0.395 e. The third-order valence-electron chi connectivity index (χ3n) is 3.23. The van der Waals surface area contributed by atoms with Gasteiger partial charge in [-0.25, -0.2) is 4.98 Å². The average molecular weight is 337 g/mol. The van der Waals surface area contributed by atoms with Crippen LogP contribution >= 0.6 is 11.3 Å². The van der Waals surface area contributed by atoms with Crippen LogP contribution in [0.25, 0.3) is 4.96 Å². The van der Waals surface area contributed by atoms with Gasteiger partial charge in [0.25, 0.3) is 5.56 Å². The lowest BCUT2D eigenvalue weighted by Crippen LogP contribution is -2.25. The number of benzene rings is 1. The third kappa shape index (κ3) is 2.59. The summed E-state index contributed by atoms with van der Waals surface area (Å²) < 4.78 is 36.1. The molecule has 0 amide bonds. The SMILES string of the molecule is O=c1cc(CNc2ccc3c(c2)OC(F)(F)O3)nc2sccn12. The molecule has 0 atom stereocenters. The van der Waals surface area contributed by atoms with E-state index in [1.807, 2.05) is 0 Å². The maximum absolute atomic E-state index is 13.0. The maximum atomic E-state index is 13.0. The van der Waals surface area contributed by atoms with Crippen molar-refractivity contribution in [3.63, 3.8) is 0 Å². The molecular weight excluding hydrogens is 328 g/mol. The minimum atomic E-state index is -3.64. The average Bonchev–Trinajstić information content (AvgIpc) is 3.07. The first kappa shape index (κ1) is 13.9. The summed E-state index contributed by atoms with van der Waals surface area (Å²) in [6, 6.07) is 5.81. The van der Waals surface area contributed by atoms with Crippen LogP contribution in [0, 0.1) is 0 Å². The van der Waals surface area contributed by atoms with Gasteiger partial charge in [0.2, 0.25) is 0 Å². The van der Waals surface area contributed by atoms with E-state index in [0.717, 1.165) is 0 Å². The van der Waals surface area contributed by atoms with E-state index in [0.29, 0.717) is 16.3 Å². The lowest BCUT2D eigenvalue weighted by Gasteiger charge is -2.06. The van der Waals surface area contributed by atoms with Gasteiger partial charge in [-0.3, -0.25) is 9.20 Å². The third-order valence-corrected chi connectivity index (χ3v) is 3.99. The lowest BCUT2D eigenvalue weighted by atomic mass is 10.2. The molecule has 0 saturated heterocycles. The van der Waals surface area contributed by atoms with Gasteiger partial charge in [0.05, 0.1) is 12.2 Å². The molecule has 0 radical (unpaired) electrons. The van der Waals surface area contributed by atoms with Crippen LogP contribution < -0.4 is 20.3 Å². The molecule has 1 aromatic carbocycles. The fourth-order valence-corrected chi connectivity index (χ4v) is 2.97. The molecule has 2 aromatic heterocycles. The Balaban J connectivity index is 1.54. The van der Waals surface area contributed by atoms with Gasteiger partial charge in [0, 0.05) is 29.4 Å². The predicted octanol–water partition coefficient (Wildman–Crippen LogP) is 2.69. The van der Waals surface area contributed by atoms with Gasteiger partial charge in [-0.05, 0) is 12.1 Å². The van der Waals surface area contributed by atoms with Gasteiger partial charge in [-0.15, -0.1) is 20.1 Å². The molecule has 0 spiro atoms. The van der Waals surface area contributed by atoms with Crippen LogP contribution in [-0.4, -0.2) is 15.7 Å². The van der Waals surface area contributed by atoms with Crippen molar-refractivity contribution in [2.24, 2.45) is 0 Å². The van der Waals surface area contributed by atoms with E-state index in [1.54, 1.807) is 17.6 Å². The first-order chi connectivity index (χ1) is 11.0. The quantitative estimate of drug-likeness (QED) is 0.796. The molecule has 118 valence electrons. The molecule has 0 aliphatic carbocycles. The number of aromatic nitrogens is 2. The van der Waals surface area contributed by atoms with Gasteiger partial charge < -0.3 is 14.8 Å². The zero-order valence-electron chi connectivity index (χ0n) is 11.5. The second-order valence-electron chi connectivity index (χ2n) is 4.82. The highest BCUT2D eigenvalue weighted by Crippen LogP contribution is 2.42. The molecular formula is C14H9F2N3O3S. The van der Waals surface area contributed by atoms with Crippen LogP contribution in [0.15, 0.2) is 40.6 Å². The fourth-order valence-electron chi connectivity index (χ4n) is 2.23. The molecule has 23 heavy (non-hydrogen) atoms. The highest BCUT2D eigenvalue weighted by atomic mass is 32.1. The lowest BCUT2D eigenvalue weighted by molar-refractivity contribution is -0.286. The zero-order chi connectivity index (χ0) is 16.0. The smallest absolute Gasteiger partial charge is 0.395 e. The van der Waals surface area contributed by atoms with E-state index in [4.69, 9.17) is 0 Å². The number of anilines is 1. The summed E-state index contributed by atoms with van der Waals surface area (Å²) in [6.07, 6.45) is -1.98. The normalized spacial score (nSPS) is 15.0. The number of hydrogen-bond donors (Lipinski definition) is 1. The number of halogens is 2. The molecule has 3 heterocycles. The van der Waals surface area contributed by atoms with Crippen molar-refractivity contribution < 1.29 is 18.3 Å². The minimum absolute atomic E-state index is 0.0167. The van der Waals surface area contributed by atoms with Crippen molar-refractivity contribution in [2.45, 2.75) is 12.8 Å². The molecule has 0 fully saturated rings. The van der Waals surface area contributed by atoms with E-state index >= 15 is 0 Å². The Bertz CT molecular complexity index is 954. The highest BCUT2D eigenvalue weighted by molar-refractivity contribution is 7.15. The molecule has 3 aromatic rings. The van der Waals surface area contributed by atoms with Crippen LogP contribution in [0.2, 0.25) is 0 Å². The van der Waals surface area contributed by atoms with E-state index in [9.17, 15) is 13.6 Å². The van der Waals surface area contributed by atoms with Crippen LogP contribution in [0.5, 0.6) is 11.5 Å². The number of ether oxygens (including phenoxy) is 2. The summed E-state index contributed by atoms with van der Waals surface area (Å²) in [5.41, 5.74) is 0.942. The molecule has 9 heteroatoms. The first-order valence-corrected chi connectivity index (χ1v) is 7.48. The van der Waals surface area contributed by atoms with E-state index in [1.165, 1.54) is 33.9 Å². The number of thiazole rings is 1. The largest absolute Gasteiger partial charge is 0.586 e. The second kappa shape index (κ2) is 4.92. The van der Waals surface area contributed by atoms with Crippen LogP contribution in [0.3, 0.4) is 0 Å². The number of hydrogen-bond acceptors (Lipinski definition) is 6. The Morgan fingerprint density at radius 1 is 1.26 bits per heavy atom. The van der Waals surface area contributed by atoms with Crippen LogP contribution in [0.4, 0.5) is 14.5 Å². The maximum Gasteiger partial charge on any atom is 0.586 e. The summed E-state index contributed by atoms with van der Waals surface area (Å²) in [4.78, 5) is 16.8. The Labute approximate surface area is 131 Å². The Kier molecular flexibility index (Phi) is 2.98. The number of rotatable bonds is 3. The second-order valence-corrected chi connectivity index (χ2v) is 5.70. The molecule has 4 rings (SSSR count). The molecule has 6 nitrogen and oxygen atoms in total. The van der Waals surface area contributed by atoms with Crippen molar-refractivity contribution in [3.05, 3.63) is 51.9 Å². The van der Waals surface area contributed by atoms with Crippen molar-refractivity contribution in [2.75, 3.05) is 5.32 Å². The van der Waals surface area contributed by atoms with Gasteiger partial charge in [0.1, 0.15) is 0 Å². The fraction of sp³-hybridized carbons (Fsp3) is 0.143. The van der Waals surface area contributed by atoms with Gasteiger partial charge in [0.15, 0.2) is 16.5 Å². The van der Waals surface area contributed by atoms with Crippen molar-refractivity contribution in [1.82, 2.24) is 9.38 Å². The summed E-state index contributed by atoms with van der Waals surface area (Å²) in [6.45, 7) is 0.277. The predicted molar refractivity (Wildman–Crippen MR) is 79.3 cm³/mol. The van der Waals surface area contributed by atoms with E-state index in [2.05, 4.69) is 19.8 Å². The van der Waals surface area contributed by atoms with Crippen LogP contribution in [0.1, 0.15) is 5.69 Å². The van der Waals surface area contributed by atoms with Crippen molar-refractivity contribution >= 4 is 22.0 Å². The van der Waals surface area contributed by atoms with E-state index < -0.39 is 6.29 Å². The zero-order valence-corrected chi connectivity index (χ0v) is 12.3. The Morgan fingerprint density at radius 2 is 2.09 bits per heavy atom. The standard InChI is InChI=1S/C14H9F2N3O3S/c15-14(16)21-10-2-1-8(5-11(10)22-14)17-7-9-6-12(20)19-3-4-23-13(19)18-9/h1-6,17H,7H2. The summed E-state index contributed by atoms with van der Waals surface area (Å²) >= 11 is 1.36. The molecule has 0 bridgehead atoms.